The van der Waals surface area contributed by atoms with Crippen molar-refractivity contribution in [2.45, 2.75) is 38.6 Å². The lowest BCUT2D eigenvalue weighted by Crippen LogP contribution is -2.39. The standard InChI is InChI=1S/C22H26N4O3/c27-20(16-26-13-6-2-1-3-11-21(26)28)25-19-10-5-4-9-18(19)22(29)24-15-17-8-7-12-23-14-17/h4-5,7-10,12,14H,1-3,6,11,13,15-16H2,(H,24,29)(H,25,27). The molecule has 3 rings (SSSR count). The van der Waals surface area contributed by atoms with Crippen LogP contribution >= 0.6 is 0 Å². The molecule has 1 aromatic heterocycles. The molecule has 2 heterocycles. The number of nitrogens with one attached hydrogen (secondary N) is 2. The SMILES string of the molecule is O=C(CN1CCCCCCC1=O)Nc1ccccc1C(=O)NCc1cccnc1. The molecular weight excluding hydrogens is 368 g/mol. The first kappa shape index (κ1) is 20.5. The van der Waals surface area contributed by atoms with E-state index in [1.807, 2.05) is 12.1 Å². The molecule has 152 valence electrons. The highest BCUT2D eigenvalue weighted by Crippen LogP contribution is 2.16. The van der Waals surface area contributed by atoms with Crippen LogP contribution in [0.25, 0.3) is 0 Å². The minimum absolute atomic E-state index is 0.00444. The normalized spacial score (nSPS) is 14.6. The third-order valence-electron chi connectivity index (χ3n) is 4.88. The predicted molar refractivity (Wildman–Crippen MR) is 110 cm³/mol. The lowest BCUT2D eigenvalue weighted by atomic mass is 10.1. The third-order valence-corrected chi connectivity index (χ3v) is 4.88. The molecule has 29 heavy (non-hydrogen) atoms. The van der Waals surface area contributed by atoms with Gasteiger partial charge in [0.2, 0.25) is 11.8 Å². The average Bonchev–Trinajstić information content (AvgIpc) is 2.73. The van der Waals surface area contributed by atoms with E-state index in [2.05, 4.69) is 15.6 Å². The number of hydrogen-bond acceptors (Lipinski definition) is 4. The highest BCUT2D eigenvalue weighted by Gasteiger charge is 2.19. The Bertz CT molecular complexity index is 854. The number of para-hydroxylation sites is 1. The van der Waals surface area contributed by atoms with Crippen LogP contribution in [0, 0.1) is 0 Å². The van der Waals surface area contributed by atoms with Gasteiger partial charge in [-0.05, 0) is 36.6 Å². The average molecular weight is 394 g/mol. The van der Waals surface area contributed by atoms with Gasteiger partial charge in [-0.3, -0.25) is 19.4 Å². The molecule has 2 N–H and O–H groups in total. The fourth-order valence-corrected chi connectivity index (χ4v) is 3.32. The minimum Gasteiger partial charge on any atom is -0.348 e. The number of amides is 3. The number of carbonyl (C=O) groups excluding carboxylic acids is 3. The Balaban J connectivity index is 1.61. The molecule has 7 nitrogen and oxygen atoms in total. The number of hydrogen-bond donors (Lipinski definition) is 2. The second-order valence-electron chi connectivity index (χ2n) is 7.12. The molecule has 1 aliphatic heterocycles. The maximum atomic E-state index is 12.6. The van der Waals surface area contributed by atoms with Crippen molar-refractivity contribution in [3.63, 3.8) is 0 Å². The Morgan fingerprint density at radius 2 is 1.86 bits per heavy atom. The zero-order valence-corrected chi connectivity index (χ0v) is 16.4. The van der Waals surface area contributed by atoms with Gasteiger partial charge in [0.25, 0.3) is 5.91 Å². The van der Waals surface area contributed by atoms with Gasteiger partial charge < -0.3 is 15.5 Å². The van der Waals surface area contributed by atoms with E-state index in [4.69, 9.17) is 0 Å². The summed E-state index contributed by atoms with van der Waals surface area (Å²) in [5.74, 6) is -0.569. The molecule has 1 aromatic carbocycles. The monoisotopic (exact) mass is 394 g/mol. The van der Waals surface area contributed by atoms with Crippen molar-refractivity contribution >= 4 is 23.4 Å². The van der Waals surface area contributed by atoms with E-state index in [0.717, 1.165) is 31.2 Å². The first-order chi connectivity index (χ1) is 14.1. The van der Waals surface area contributed by atoms with Gasteiger partial charge in [-0.25, -0.2) is 0 Å². The van der Waals surface area contributed by atoms with Gasteiger partial charge in [-0.1, -0.05) is 31.0 Å². The summed E-state index contributed by atoms with van der Waals surface area (Å²) >= 11 is 0. The Morgan fingerprint density at radius 1 is 1.03 bits per heavy atom. The van der Waals surface area contributed by atoms with Crippen molar-refractivity contribution < 1.29 is 14.4 Å². The second-order valence-corrected chi connectivity index (χ2v) is 7.12. The van der Waals surface area contributed by atoms with Crippen molar-refractivity contribution in [1.82, 2.24) is 15.2 Å². The first-order valence-corrected chi connectivity index (χ1v) is 9.97. The smallest absolute Gasteiger partial charge is 0.253 e. The number of anilines is 1. The minimum atomic E-state index is -0.300. The van der Waals surface area contributed by atoms with E-state index in [-0.39, 0.29) is 24.3 Å². The molecule has 0 saturated carbocycles. The molecular formula is C22H26N4O3. The molecule has 0 spiro atoms. The van der Waals surface area contributed by atoms with Crippen LogP contribution in [0.15, 0.2) is 48.8 Å². The van der Waals surface area contributed by atoms with Crippen LogP contribution in [0.4, 0.5) is 5.69 Å². The maximum absolute atomic E-state index is 12.6. The summed E-state index contributed by atoms with van der Waals surface area (Å²) in [7, 11) is 0. The Kier molecular flexibility index (Phi) is 7.33. The van der Waals surface area contributed by atoms with Gasteiger partial charge in [0, 0.05) is 31.9 Å². The first-order valence-electron chi connectivity index (χ1n) is 9.97. The van der Waals surface area contributed by atoms with Gasteiger partial charge in [0.15, 0.2) is 0 Å². The Labute approximate surface area is 170 Å². The number of nitrogens with zero attached hydrogens (tertiary/aromatic N) is 2. The van der Waals surface area contributed by atoms with Crippen LogP contribution in [0.3, 0.4) is 0 Å². The highest BCUT2D eigenvalue weighted by molar-refractivity contribution is 6.04. The lowest BCUT2D eigenvalue weighted by Gasteiger charge is -2.24. The largest absolute Gasteiger partial charge is 0.348 e. The fourth-order valence-electron chi connectivity index (χ4n) is 3.32. The summed E-state index contributed by atoms with van der Waals surface area (Å²) in [4.78, 5) is 43.0. The summed E-state index contributed by atoms with van der Waals surface area (Å²) in [6.07, 6.45) is 7.77. The summed E-state index contributed by atoms with van der Waals surface area (Å²) in [6, 6.07) is 10.5. The highest BCUT2D eigenvalue weighted by atomic mass is 16.2. The summed E-state index contributed by atoms with van der Waals surface area (Å²) < 4.78 is 0. The van der Waals surface area contributed by atoms with Crippen molar-refractivity contribution in [2.75, 3.05) is 18.4 Å². The molecule has 1 fully saturated rings. The number of rotatable bonds is 6. The molecule has 2 aromatic rings. The number of benzene rings is 1. The molecule has 3 amide bonds. The molecule has 0 radical (unpaired) electrons. The van der Waals surface area contributed by atoms with E-state index >= 15 is 0 Å². The van der Waals surface area contributed by atoms with Crippen LogP contribution in [-0.4, -0.2) is 40.7 Å². The molecule has 0 atom stereocenters. The van der Waals surface area contributed by atoms with Crippen LogP contribution < -0.4 is 10.6 Å². The molecule has 0 aliphatic carbocycles. The van der Waals surface area contributed by atoms with Gasteiger partial charge in [-0.2, -0.15) is 0 Å². The van der Waals surface area contributed by atoms with Crippen LogP contribution in [0.5, 0.6) is 0 Å². The Morgan fingerprint density at radius 3 is 2.69 bits per heavy atom. The maximum Gasteiger partial charge on any atom is 0.253 e. The number of likely N-dealkylation sites (tertiary alicyclic amines) is 1. The Hall–Kier alpha value is -3.22. The zero-order chi connectivity index (χ0) is 20.5. The van der Waals surface area contributed by atoms with Gasteiger partial charge in [-0.15, -0.1) is 0 Å². The van der Waals surface area contributed by atoms with E-state index < -0.39 is 0 Å². The number of pyridine rings is 1. The molecule has 0 bridgehead atoms. The molecule has 7 heteroatoms. The third kappa shape index (κ3) is 6.14. The van der Waals surface area contributed by atoms with Crippen molar-refractivity contribution in [1.29, 1.82) is 0 Å². The topological polar surface area (TPSA) is 91.4 Å². The van der Waals surface area contributed by atoms with E-state index in [1.54, 1.807) is 41.6 Å². The molecule has 1 saturated heterocycles. The van der Waals surface area contributed by atoms with E-state index in [0.29, 0.717) is 30.8 Å². The summed E-state index contributed by atoms with van der Waals surface area (Å²) in [6.45, 7) is 0.946. The quantitative estimate of drug-likeness (QED) is 0.788. The fraction of sp³-hybridized carbons (Fsp3) is 0.364. The van der Waals surface area contributed by atoms with Gasteiger partial charge in [0.1, 0.15) is 0 Å². The number of carbonyl (C=O) groups is 3. The summed E-state index contributed by atoms with van der Waals surface area (Å²) in [5, 5.41) is 5.63. The van der Waals surface area contributed by atoms with Crippen LogP contribution in [-0.2, 0) is 16.1 Å². The second kappa shape index (κ2) is 10.4. The predicted octanol–water partition coefficient (Wildman–Crippen LogP) is 2.74. The van der Waals surface area contributed by atoms with Crippen LogP contribution in [0.2, 0.25) is 0 Å². The van der Waals surface area contributed by atoms with Crippen molar-refractivity contribution in [2.24, 2.45) is 0 Å². The van der Waals surface area contributed by atoms with E-state index in [9.17, 15) is 14.4 Å². The molecule has 1 aliphatic rings. The molecule has 0 unspecified atom stereocenters. The van der Waals surface area contributed by atoms with Crippen LogP contribution in [0.1, 0.15) is 48.0 Å². The van der Waals surface area contributed by atoms with Crippen molar-refractivity contribution in [3.05, 3.63) is 59.9 Å². The lowest BCUT2D eigenvalue weighted by molar-refractivity contribution is -0.135. The van der Waals surface area contributed by atoms with Crippen molar-refractivity contribution in [3.8, 4) is 0 Å². The van der Waals surface area contributed by atoms with E-state index in [1.165, 1.54) is 0 Å². The van der Waals surface area contributed by atoms with Gasteiger partial charge in [0.05, 0.1) is 17.8 Å². The number of aromatic nitrogens is 1. The zero-order valence-electron chi connectivity index (χ0n) is 16.4. The van der Waals surface area contributed by atoms with Gasteiger partial charge >= 0.3 is 0 Å². The summed E-state index contributed by atoms with van der Waals surface area (Å²) in [5.41, 5.74) is 1.70.